The van der Waals surface area contributed by atoms with Gasteiger partial charge in [-0.3, -0.25) is 0 Å². The molecule has 1 aromatic heterocycles. The van der Waals surface area contributed by atoms with Crippen LogP contribution in [0.1, 0.15) is 32.0 Å². The van der Waals surface area contributed by atoms with E-state index in [-0.39, 0.29) is 0 Å². The second-order valence-corrected chi connectivity index (χ2v) is 4.45. The molecule has 3 nitrogen and oxygen atoms in total. The molecule has 1 heterocycles. The van der Waals surface area contributed by atoms with Crippen molar-refractivity contribution in [2.24, 2.45) is 5.92 Å². The quantitative estimate of drug-likeness (QED) is 0.784. The summed E-state index contributed by atoms with van der Waals surface area (Å²) in [7, 11) is 0. The number of rotatable bonds is 5. The van der Waals surface area contributed by atoms with Gasteiger partial charge in [0.2, 0.25) is 0 Å². The van der Waals surface area contributed by atoms with E-state index in [1.807, 2.05) is 0 Å². The molecule has 15 heavy (non-hydrogen) atoms. The minimum Gasteiger partial charge on any atom is -0.370 e. The van der Waals surface area contributed by atoms with Crippen molar-refractivity contribution in [2.75, 3.05) is 11.9 Å². The Morgan fingerprint density at radius 3 is 2.93 bits per heavy atom. The van der Waals surface area contributed by atoms with E-state index >= 15 is 0 Å². The van der Waals surface area contributed by atoms with Gasteiger partial charge >= 0.3 is 0 Å². The summed E-state index contributed by atoms with van der Waals surface area (Å²) in [5, 5.41) is 3.84. The lowest BCUT2D eigenvalue weighted by molar-refractivity contribution is 0.825. The van der Waals surface area contributed by atoms with Crippen molar-refractivity contribution in [3.05, 3.63) is 17.0 Å². The van der Waals surface area contributed by atoms with Crippen molar-refractivity contribution in [1.82, 2.24) is 9.97 Å². The average molecular weight is 226 g/mol. The highest BCUT2D eigenvalue weighted by Crippen LogP contribution is 2.28. The zero-order valence-corrected chi connectivity index (χ0v) is 9.72. The molecule has 1 aliphatic carbocycles. The highest BCUT2D eigenvalue weighted by atomic mass is 35.5. The Kier molecular flexibility index (Phi) is 3.41. The Bertz CT molecular complexity index is 337. The van der Waals surface area contributed by atoms with Crippen molar-refractivity contribution >= 4 is 17.4 Å². The van der Waals surface area contributed by atoms with Gasteiger partial charge in [0.25, 0.3) is 0 Å². The number of aromatic nitrogens is 2. The molecule has 1 saturated carbocycles. The van der Waals surface area contributed by atoms with Gasteiger partial charge in [-0.25, -0.2) is 9.97 Å². The summed E-state index contributed by atoms with van der Waals surface area (Å²) in [6, 6.07) is 1.79. The van der Waals surface area contributed by atoms with E-state index < -0.39 is 0 Å². The van der Waals surface area contributed by atoms with Crippen LogP contribution in [0.4, 0.5) is 5.82 Å². The summed E-state index contributed by atoms with van der Waals surface area (Å²) < 4.78 is 0. The van der Waals surface area contributed by atoms with Gasteiger partial charge < -0.3 is 5.32 Å². The molecule has 0 amide bonds. The Labute approximate surface area is 95.3 Å². The van der Waals surface area contributed by atoms with Crippen LogP contribution in [-0.4, -0.2) is 16.5 Å². The van der Waals surface area contributed by atoms with Gasteiger partial charge in [0.05, 0.1) is 0 Å². The van der Waals surface area contributed by atoms with Gasteiger partial charge in [-0.2, -0.15) is 0 Å². The summed E-state index contributed by atoms with van der Waals surface area (Å²) in [5.74, 6) is 2.54. The second-order valence-electron chi connectivity index (χ2n) is 4.07. The molecule has 0 bridgehead atoms. The SMILES string of the molecule is CCCc1nc(Cl)cc(NCC2CC2)n1. The van der Waals surface area contributed by atoms with Crippen molar-refractivity contribution in [3.8, 4) is 0 Å². The lowest BCUT2D eigenvalue weighted by Crippen LogP contribution is -2.07. The maximum absolute atomic E-state index is 5.93. The third kappa shape index (κ3) is 3.34. The molecule has 1 N–H and O–H groups in total. The molecular formula is C11H16ClN3. The Morgan fingerprint density at radius 1 is 1.47 bits per heavy atom. The van der Waals surface area contributed by atoms with E-state index in [9.17, 15) is 0 Å². The van der Waals surface area contributed by atoms with Crippen LogP contribution in [-0.2, 0) is 6.42 Å². The van der Waals surface area contributed by atoms with Crippen LogP contribution in [0.5, 0.6) is 0 Å². The zero-order valence-electron chi connectivity index (χ0n) is 8.96. The molecule has 4 heteroatoms. The second kappa shape index (κ2) is 4.79. The Hall–Kier alpha value is -0.830. The molecule has 0 saturated heterocycles. The van der Waals surface area contributed by atoms with E-state index in [0.717, 1.165) is 36.9 Å². The minimum absolute atomic E-state index is 0.534. The first kappa shape index (κ1) is 10.7. The van der Waals surface area contributed by atoms with E-state index in [1.54, 1.807) is 6.07 Å². The van der Waals surface area contributed by atoms with Gasteiger partial charge in [-0.15, -0.1) is 0 Å². The smallest absolute Gasteiger partial charge is 0.134 e. The molecule has 0 aromatic carbocycles. The van der Waals surface area contributed by atoms with E-state index in [0.29, 0.717) is 5.15 Å². The summed E-state index contributed by atoms with van der Waals surface area (Å²) in [5.41, 5.74) is 0. The molecule has 0 unspecified atom stereocenters. The molecule has 1 aliphatic rings. The molecule has 0 atom stereocenters. The van der Waals surface area contributed by atoms with Crippen LogP contribution in [0.3, 0.4) is 0 Å². The number of nitrogens with zero attached hydrogens (tertiary/aromatic N) is 2. The van der Waals surface area contributed by atoms with E-state index in [1.165, 1.54) is 12.8 Å². The number of halogens is 1. The molecule has 0 radical (unpaired) electrons. The number of hydrogen-bond acceptors (Lipinski definition) is 3. The monoisotopic (exact) mass is 225 g/mol. The van der Waals surface area contributed by atoms with E-state index in [4.69, 9.17) is 11.6 Å². The number of aryl methyl sites for hydroxylation is 1. The van der Waals surface area contributed by atoms with Crippen LogP contribution >= 0.6 is 11.6 Å². The fourth-order valence-electron chi connectivity index (χ4n) is 1.46. The van der Waals surface area contributed by atoms with Crippen molar-refractivity contribution < 1.29 is 0 Å². The highest BCUT2D eigenvalue weighted by molar-refractivity contribution is 6.29. The fraction of sp³-hybridized carbons (Fsp3) is 0.636. The summed E-state index contributed by atoms with van der Waals surface area (Å²) >= 11 is 5.93. The molecule has 0 aliphatic heterocycles. The summed E-state index contributed by atoms with van der Waals surface area (Å²) in [6.45, 7) is 3.13. The van der Waals surface area contributed by atoms with Gasteiger partial charge in [-0.1, -0.05) is 18.5 Å². The molecule has 82 valence electrons. The largest absolute Gasteiger partial charge is 0.370 e. The fourth-order valence-corrected chi connectivity index (χ4v) is 1.66. The first-order valence-electron chi connectivity index (χ1n) is 5.55. The number of nitrogens with one attached hydrogen (secondary N) is 1. The van der Waals surface area contributed by atoms with Crippen molar-refractivity contribution in [1.29, 1.82) is 0 Å². The standard InChI is InChI=1S/C11H16ClN3/c1-2-3-10-14-9(12)6-11(15-10)13-7-8-4-5-8/h6,8H,2-5,7H2,1H3,(H,13,14,15). The maximum Gasteiger partial charge on any atom is 0.134 e. The van der Waals surface area contributed by atoms with Crippen LogP contribution in [0.25, 0.3) is 0 Å². The van der Waals surface area contributed by atoms with Gasteiger partial charge in [0, 0.05) is 19.0 Å². The lowest BCUT2D eigenvalue weighted by atomic mass is 10.3. The molecule has 1 fully saturated rings. The van der Waals surface area contributed by atoms with Crippen molar-refractivity contribution in [2.45, 2.75) is 32.6 Å². The Balaban J connectivity index is 2.00. The van der Waals surface area contributed by atoms with Crippen LogP contribution in [0.2, 0.25) is 5.15 Å². The molecule has 1 aromatic rings. The Morgan fingerprint density at radius 2 is 2.27 bits per heavy atom. The predicted molar refractivity (Wildman–Crippen MR) is 62.3 cm³/mol. The first-order valence-corrected chi connectivity index (χ1v) is 5.93. The van der Waals surface area contributed by atoms with Crippen LogP contribution in [0.15, 0.2) is 6.07 Å². The van der Waals surface area contributed by atoms with Gasteiger partial charge in [0.15, 0.2) is 0 Å². The zero-order chi connectivity index (χ0) is 10.7. The normalized spacial score (nSPS) is 15.3. The van der Waals surface area contributed by atoms with Gasteiger partial charge in [-0.05, 0) is 25.2 Å². The average Bonchev–Trinajstić information content (AvgIpc) is 2.98. The van der Waals surface area contributed by atoms with Crippen LogP contribution < -0.4 is 5.32 Å². The van der Waals surface area contributed by atoms with Gasteiger partial charge in [0.1, 0.15) is 16.8 Å². The first-order chi connectivity index (χ1) is 7.28. The maximum atomic E-state index is 5.93. The molecule has 0 spiro atoms. The van der Waals surface area contributed by atoms with Crippen molar-refractivity contribution in [3.63, 3.8) is 0 Å². The van der Waals surface area contributed by atoms with Crippen LogP contribution in [0, 0.1) is 5.92 Å². The number of hydrogen-bond donors (Lipinski definition) is 1. The lowest BCUT2D eigenvalue weighted by Gasteiger charge is -2.06. The third-order valence-electron chi connectivity index (χ3n) is 2.48. The highest BCUT2D eigenvalue weighted by Gasteiger charge is 2.20. The summed E-state index contributed by atoms with van der Waals surface area (Å²) in [4.78, 5) is 8.60. The molecular weight excluding hydrogens is 210 g/mol. The summed E-state index contributed by atoms with van der Waals surface area (Å²) in [6.07, 6.45) is 4.61. The minimum atomic E-state index is 0.534. The topological polar surface area (TPSA) is 37.8 Å². The molecule has 2 rings (SSSR count). The number of anilines is 1. The third-order valence-corrected chi connectivity index (χ3v) is 2.68. The van der Waals surface area contributed by atoms with E-state index in [2.05, 4.69) is 22.2 Å². The predicted octanol–water partition coefficient (Wildman–Crippen LogP) is 2.90.